The number of carboxylic acid groups (broad SMARTS) is 3. The van der Waals surface area contributed by atoms with Gasteiger partial charge in [0.25, 0.3) is 0 Å². The molecular formula is C38H39B3FN9O12S6. The lowest BCUT2D eigenvalue weighted by Crippen LogP contribution is -2.41. The molecular weight excluding hydrogens is 1020 g/mol. The Hall–Kier alpha value is -5.40. The molecule has 0 unspecified atom stereocenters. The van der Waals surface area contributed by atoms with Crippen LogP contribution < -0.4 is 31.2 Å². The Morgan fingerprint density at radius 1 is 0.638 bits per heavy atom. The molecule has 0 saturated carbocycles. The second kappa shape index (κ2) is 22.1. The SMILES string of the molecule is CCCc1ccc2c(c1C(=O)O)OB(O)[C@@H](Sc1nnc(N)s1)C2.Cc1c(F)cc2c(c1C(=O)O)OB(O)[C@@H](Sc1nnc(N)s1)C2.Cc1ccc2c(c1C(=O)O)OB(O)[C@@H](Sc1nnc(N)s1)C2. The highest BCUT2D eigenvalue weighted by molar-refractivity contribution is 8.03. The molecule has 6 heterocycles. The first-order valence-electron chi connectivity index (χ1n) is 20.4. The molecule has 0 spiro atoms. The van der Waals surface area contributed by atoms with Crippen molar-refractivity contribution in [3.63, 3.8) is 0 Å². The Kier molecular flexibility index (Phi) is 16.5. The molecule has 0 fully saturated rings. The molecule has 31 heteroatoms. The molecule has 3 aliphatic rings. The zero-order valence-electron chi connectivity index (χ0n) is 36.3. The van der Waals surface area contributed by atoms with E-state index in [-0.39, 0.29) is 56.2 Å². The van der Waals surface area contributed by atoms with E-state index in [1.807, 2.05) is 25.1 Å². The number of halogens is 1. The average molecular weight is 1060 g/mol. The van der Waals surface area contributed by atoms with Crippen LogP contribution in [0.5, 0.6) is 17.2 Å². The molecule has 6 aromatic rings. The molecule has 0 amide bonds. The minimum Gasteiger partial charge on any atom is -0.535 e. The van der Waals surface area contributed by atoms with Gasteiger partial charge in [0.1, 0.15) is 39.8 Å². The lowest BCUT2D eigenvalue weighted by Gasteiger charge is -2.28. The van der Waals surface area contributed by atoms with Crippen LogP contribution in [0.25, 0.3) is 0 Å². The topological polar surface area (TPSA) is 356 Å². The highest BCUT2D eigenvalue weighted by atomic mass is 32.2. The molecule has 12 N–H and O–H groups in total. The number of carboxylic acids is 3. The van der Waals surface area contributed by atoms with Gasteiger partial charge in [0.05, 0.1) is 15.4 Å². The minimum atomic E-state index is -1.30. The Labute approximate surface area is 417 Å². The molecule has 3 aromatic carbocycles. The number of aromatic carboxylic acids is 3. The summed E-state index contributed by atoms with van der Waals surface area (Å²) in [6, 6.07) is 8.52. The maximum Gasteiger partial charge on any atom is 0.537 e. The number of anilines is 3. The summed E-state index contributed by atoms with van der Waals surface area (Å²) in [6.07, 6.45) is 2.67. The Morgan fingerprint density at radius 2 is 1.03 bits per heavy atom. The molecule has 3 atom stereocenters. The van der Waals surface area contributed by atoms with Crippen LogP contribution in [0.15, 0.2) is 43.4 Å². The van der Waals surface area contributed by atoms with Crippen molar-refractivity contribution in [1.29, 1.82) is 0 Å². The molecule has 9 rings (SSSR count). The molecule has 0 aliphatic carbocycles. The van der Waals surface area contributed by atoms with E-state index in [0.29, 0.717) is 58.8 Å². The highest BCUT2D eigenvalue weighted by Gasteiger charge is 2.41. The Balaban J connectivity index is 0.000000153. The molecule has 3 aromatic heterocycles. The van der Waals surface area contributed by atoms with Crippen LogP contribution in [0, 0.1) is 19.7 Å². The summed E-state index contributed by atoms with van der Waals surface area (Å²) in [4.78, 5) is 34.4. The van der Waals surface area contributed by atoms with Gasteiger partial charge >= 0.3 is 39.3 Å². The van der Waals surface area contributed by atoms with Gasteiger partial charge in [-0.15, -0.1) is 30.6 Å². The van der Waals surface area contributed by atoms with Crippen molar-refractivity contribution >= 4 is 124 Å². The number of nitrogens with zero attached hydrogens (tertiary/aromatic N) is 6. The van der Waals surface area contributed by atoms with Crippen molar-refractivity contribution in [2.45, 2.75) is 81.3 Å². The van der Waals surface area contributed by atoms with Gasteiger partial charge in [-0.2, -0.15) is 0 Å². The highest BCUT2D eigenvalue weighted by Crippen LogP contribution is 2.42. The number of carbonyl (C=O) groups is 3. The smallest absolute Gasteiger partial charge is 0.535 e. The van der Waals surface area contributed by atoms with Gasteiger partial charge in [0, 0.05) is 5.56 Å². The standard InChI is InChI=1S/C14H16BN3O4S2.C12H11BFN3O4S2.C12H12BN3O4S2/c1-2-3-7-4-5-8-6-9(23-14-18-17-13(16)24-14)15(21)22-11(8)10(7)12(19)20;1-4-6(14)2-5-3-7(22-12-17-16-11(15)23-12)13(20)21-9(5)8(4)10(18)19;1-5-2-3-6-4-7(21-12-16-15-11(14)22-12)13(19)20-9(6)8(5)10(17)18/h4-5,9,21H,2-3,6H2,1H3,(H2,16,17)(H,19,20);2,7,20H,3H2,1H3,(H2,15,16)(H,18,19);2-3,7,19H,4H2,1H3,(H2,14,15)(H,17,18)/t9-;2*7-/m000/s1. The summed E-state index contributed by atoms with van der Waals surface area (Å²) in [7, 11) is -3.49. The van der Waals surface area contributed by atoms with Gasteiger partial charge in [-0.25, -0.2) is 18.8 Å². The van der Waals surface area contributed by atoms with Gasteiger partial charge in [-0.3, -0.25) is 0 Å². The number of thioether (sulfide) groups is 3. The van der Waals surface area contributed by atoms with E-state index in [0.717, 1.165) is 34.4 Å². The molecule has 360 valence electrons. The van der Waals surface area contributed by atoms with E-state index in [4.69, 9.17) is 31.2 Å². The second-order valence-corrected chi connectivity index (χ2v) is 22.7. The summed E-state index contributed by atoms with van der Waals surface area (Å²) in [5.74, 6) is -3.49. The molecule has 0 bridgehead atoms. The van der Waals surface area contributed by atoms with Crippen molar-refractivity contribution < 1.29 is 63.1 Å². The van der Waals surface area contributed by atoms with E-state index in [1.165, 1.54) is 70.9 Å². The molecule has 0 radical (unpaired) electrons. The number of nitrogen functional groups attached to an aromatic ring is 3. The zero-order chi connectivity index (χ0) is 49.8. The van der Waals surface area contributed by atoms with Gasteiger partial charge < -0.3 is 61.6 Å². The minimum absolute atomic E-state index is 0.0116. The van der Waals surface area contributed by atoms with Crippen LogP contribution in [-0.4, -0.2) is 116 Å². The third-order valence-electron chi connectivity index (χ3n) is 10.4. The third-order valence-corrected chi connectivity index (χ3v) is 16.7. The molecule has 3 aliphatic heterocycles. The lowest BCUT2D eigenvalue weighted by molar-refractivity contribution is 0.0681. The van der Waals surface area contributed by atoms with Crippen LogP contribution in [0.1, 0.15) is 77.8 Å². The first-order chi connectivity index (χ1) is 32.8. The van der Waals surface area contributed by atoms with Crippen molar-refractivity contribution in [1.82, 2.24) is 30.6 Å². The van der Waals surface area contributed by atoms with Crippen molar-refractivity contribution in [3.8, 4) is 17.2 Å². The van der Waals surface area contributed by atoms with E-state index in [9.17, 15) is 49.2 Å². The van der Waals surface area contributed by atoms with Gasteiger partial charge in [-0.1, -0.05) is 107 Å². The molecule has 0 saturated heterocycles. The summed E-state index contributed by atoms with van der Waals surface area (Å²) in [5.41, 5.74) is 19.8. The van der Waals surface area contributed by atoms with E-state index < -0.39 is 50.2 Å². The van der Waals surface area contributed by atoms with Crippen LogP contribution in [0.3, 0.4) is 0 Å². The van der Waals surface area contributed by atoms with Gasteiger partial charge in [0.2, 0.25) is 15.4 Å². The number of hydrogen-bond acceptors (Lipinski definition) is 24. The predicted octanol–water partition coefficient (Wildman–Crippen LogP) is 4.51. The summed E-state index contributed by atoms with van der Waals surface area (Å²) >= 11 is 7.48. The lowest BCUT2D eigenvalue weighted by atomic mass is 9.77. The van der Waals surface area contributed by atoms with Crippen LogP contribution in [-0.2, 0) is 25.7 Å². The average Bonchev–Trinajstić information content (AvgIpc) is 4.02. The first-order valence-corrected chi connectivity index (χ1v) is 25.5. The van der Waals surface area contributed by atoms with Crippen molar-refractivity contribution in [2.24, 2.45) is 0 Å². The second-order valence-electron chi connectivity index (χ2n) is 15.2. The monoisotopic (exact) mass is 1060 g/mol. The van der Waals surface area contributed by atoms with E-state index in [2.05, 4.69) is 30.6 Å². The van der Waals surface area contributed by atoms with Crippen LogP contribution in [0.4, 0.5) is 19.8 Å². The molecule has 69 heavy (non-hydrogen) atoms. The summed E-state index contributed by atoms with van der Waals surface area (Å²) < 4.78 is 32.2. The fraction of sp³-hybridized carbons (Fsp3) is 0.289. The maximum absolute atomic E-state index is 14.0. The van der Waals surface area contributed by atoms with Crippen LogP contribution in [0.2, 0.25) is 0 Å². The van der Waals surface area contributed by atoms with E-state index >= 15 is 0 Å². The number of aromatic nitrogens is 6. The van der Waals surface area contributed by atoms with Crippen molar-refractivity contribution in [3.05, 3.63) is 86.2 Å². The largest absolute Gasteiger partial charge is 0.537 e. The quantitative estimate of drug-likeness (QED) is 0.0806. The van der Waals surface area contributed by atoms with Crippen LogP contribution >= 0.6 is 69.3 Å². The summed E-state index contributed by atoms with van der Waals surface area (Å²) in [5, 5.41) is 81.5. The normalized spacial score (nSPS) is 16.8. The number of benzene rings is 3. The number of rotatable bonds is 11. The fourth-order valence-electron chi connectivity index (χ4n) is 7.32. The van der Waals surface area contributed by atoms with Crippen molar-refractivity contribution in [2.75, 3.05) is 17.2 Å². The van der Waals surface area contributed by atoms with Gasteiger partial charge in [-0.05, 0) is 73.4 Å². The number of hydrogen-bond donors (Lipinski definition) is 9. The molecule has 21 nitrogen and oxygen atoms in total. The predicted molar refractivity (Wildman–Crippen MR) is 262 cm³/mol. The zero-order valence-corrected chi connectivity index (χ0v) is 41.2. The third kappa shape index (κ3) is 12.0. The Bertz CT molecular complexity index is 2900. The number of nitrogens with two attached hydrogens (primary N) is 3. The maximum atomic E-state index is 14.0. The number of aryl methyl sites for hydroxylation is 2. The first kappa shape index (κ1) is 51.5. The Morgan fingerprint density at radius 3 is 1.42 bits per heavy atom. The van der Waals surface area contributed by atoms with E-state index in [1.54, 1.807) is 13.0 Å². The van der Waals surface area contributed by atoms with Gasteiger partial charge in [0.15, 0.2) is 13.0 Å². The fourth-order valence-corrected chi connectivity index (χ4v) is 13.1. The number of fused-ring (bicyclic) bond motifs is 3. The summed E-state index contributed by atoms with van der Waals surface area (Å²) in [6.45, 7) is 5.05.